The number of carbonyl (C=O) groups is 2. The summed E-state index contributed by atoms with van der Waals surface area (Å²) in [6, 6.07) is 25.8. The molecule has 0 unspecified atom stereocenters. The van der Waals surface area contributed by atoms with Gasteiger partial charge in [-0.25, -0.2) is 4.90 Å². The van der Waals surface area contributed by atoms with Gasteiger partial charge in [0.2, 0.25) is 11.8 Å². The van der Waals surface area contributed by atoms with Crippen LogP contribution in [-0.4, -0.2) is 35.3 Å². The fourth-order valence-electron chi connectivity index (χ4n) is 5.50. The van der Waals surface area contributed by atoms with Crippen LogP contribution in [0.2, 0.25) is 0 Å². The van der Waals surface area contributed by atoms with E-state index in [2.05, 4.69) is 46.3 Å². The molecular weight excluding hydrogens is 398 g/mol. The van der Waals surface area contributed by atoms with E-state index in [0.29, 0.717) is 12.2 Å². The first-order valence-electron chi connectivity index (χ1n) is 10.9. The van der Waals surface area contributed by atoms with E-state index in [9.17, 15) is 9.59 Å². The zero-order chi connectivity index (χ0) is 21.8. The van der Waals surface area contributed by atoms with E-state index in [1.54, 1.807) is 0 Å². The molecule has 0 spiro atoms. The summed E-state index contributed by atoms with van der Waals surface area (Å²) in [7, 11) is 2.02. The molecule has 0 radical (unpaired) electrons. The Morgan fingerprint density at radius 2 is 1.66 bits per heavy atom. The van der Waals surface area contributed by atoms with Gasteiger partial charge in [-0.1, -0.05) is 48.5 Å². The van der Waals surface area contributed by atoms with Crippen LogP contribution in [0.5, 0.6) is 0 Å². The maximum atomic E-state index is 13.6. The van der Waals surface area contributed by atoms with Crippen molar-refractivity contribution in [1.82, 2.24) is 9.88 Å². The number of carbonyl (C=O) groups excluding carboxylic acids is 2. The molecule has 6 rings (SSSR count). The summed E-state index contributed by atoms with van der Waals surface area (Å²) in [6.07, 6.45) is 1.94. The van der Waals surface area contributed by atoms with Crippen molar-refractivity contribution in [3.63, 3.8) is 0 Å². The monoisotopic (exact) mass is 421 g/mol. The Balaban J connectivity index is 1.44. The third-order valence-electron chi connectivity index (χ3n) is 6.93. The summed E-state index contributed by atoms with van der Waals surface area (Å²) in [4.78, 5) is 33.7. The van der Waals surface area contributed by atoms with Gasteiger partial charge in [0.25, 0.3) is 0 Å². The number of para-hydroxylation sites is 1. The molecule has 3 aromatic carbocycles. The van der Waals surface area contributed by atoms with E-state index in [1.165, 1.54) is 4.90 Å². The Morgan fingerprint density at radius 3 is 2.50 bits per heavy atom. The highest BCUT2D eigenvalue weighted by Gasteiger charge is 2.57. The summed E-state index contributed by atoms with van der Waals surface area (Å²) >= 11 is 0. The molecule has 0 saturated carbocycles. The average molecular weight is 422 g/mol. The maximum Gasteiger partial charge on any atom is 0.239 e. The summed E-state index contributed by atoms with van der Waals surface area (Å²) in [5, 5.41) is 1.15. The summed E-state index contributed by atoms with van der Waals surface area (Å²) in [6.45, 7) is 0.578. The second-order valence-electron chi connectivity index (χ2n) is 8.73. The lowest BCUT2D eigenvalue weighted by Gasteiger charge is -2.27. The van der Waals surface area contributed by atoms with Crippen LogP contribution in [0.25, 0.3) is 22.0 Å². The molecule has 2 aliphatic heterocycles. The molecule has 2 saturated heterocycles. The van der Waals surface area contributed by atoms with Crippen LogP contribution >= 0.6 is 0 Å². The van der Waals surface area contributed by atoms with Crippen molar-refractivity contribution in [2.24, 2.45) is 11.8 Å². The van der Waals surface area contributed by atoms with Crippen molar-refractivity contribution in [2.45, 2.75) is 6.04 Å². The number of rotatable bonds is 3. The van der Waals surface area contributed by atoms with Crippen molar-refractivity contribution >= 4 is 28.4 Å². The second kappa shape index (κ2) is 7.18. The number of H-pyrrole nitrogens is 1. The molecule has 1 aromatic heterocycles. The number of benzene rings is 3. The third-order valence-corrected chi connectivity index (χ3v) is 6.93. The average Bonchev–Trinajstić information content (AvgIpc) is 3.48. The van der Waals surface area contributed by atoms with Gasteiger partial charge >= 0.3 is 0 Å². The van der Waals surface area contributed by atoms with Crippen molar-refractivity contribution in [1.29, 1.82) is 0 Å². The molecule has 1 N–H and O–H groups in total. The number of nitrogens with zero attached hydrogens (tertiary/aromatic N) is 2. The van der Waals surface area contributed by atoms with Crippen LogP contribution in [0.15, 0.2) is 85.1 Å². The van der Waals surface area contributed by atoms with Gasteiger partial charge in [0.05, 0.1) is 17.5 Å². The first-order valence-corrected chi connectivity index (χ1v) is 10.9. The Kier molecular flexibility index (Phi) is 4.26. The zero-order valence-electron chi connectivity index (χ0n) is 17.7. The second-order valence-corrected chi connectivity index (χ2v) is 8.73. The van der Waals surface area contributed by atoms with Crippen molar-refractivity contribution in [3.8, 4) is 11.1 Å². The molecule has 4 aromatic rings. The first kappa shape index (κ1) is 19.0. The number of amides is 2. The van der Waals surface area contributed by atoms with Crippen molar-refractivity contribution < 1.29 is 9.59 Å². The molecule has 2 fully saturated rings. The predicted octanol–water partition coefficient (Wildman–Crippen LogP) is 4.63. The number of fused-ring (bicyclic) bond motifs is 2. The maximum absolute atomic E-state index is 13.6. The highest BCUT2D eigenvalue weighted by atomic mass is 16.2. The molecule has 5 heteroatoms. The van der Waals surface area contributed by atoms with E-state index >= 15 is 0 Å². The van der Waals surface area contributed by atoms with Gasteiger partial charge in [-0.05, 0) is 59.5 Å². The topological polar surface area (TPSA) is 56.4 Å². The Bertz CT molecular complexity index is 1340. The number of likely N-dealkylation sites (tertiary alicyclic amines) is 1. The highest BCUT2D eigenvalue weighted by Crippen LogP contribution is 2.48. The lowest BCUT2D eigenvalue weighted by molar-refractivity contribution is -0.123. The van der Waals surface area contributed by atoms with E-state index in [4.69, 9.17) is 0 Å². The number of anilines is 1. The number of aromatic nitrogens is 1. The van der Waals surface area contributed by atoms with Gasteiger partial charge < -0.3 is 4.98 Å². The molecule has 2 amide bonds. The lowest BCUT2D eigenvalue weighted by atomic mass is 9.85. The summed E-state index contributed by atoms with van der Waals surface area (Å²) in [5.41, 5.74) is 5.06. The van der Waals surface area contributed by atoms with Crippen LogP contribution in [0.1, 0.15) is 11.6 Å². The smallest absolute Gasteiger partial charge is 0.239 e. The number of hydrogen-bond acceptors (Lipinski definition) is 3. The standard InChI is InChI=1S/C27H23N3O2/c1-29-16-22-24(27(32)30(26(22)31)19-7-3-2-4-8-19)25(29)21-10-6-5-9-20(21)17-11-12-23-18(15-17)13-14-28-23/h2-15,22,24-25,28H,16H2,1H3/t22-,24-,25-/m0/s1. The van der Waals surface area contributed by atoms with E-state index < -0.39 is 0 Å². The van der Waals surface area contributed by atoms with Crippen LogP contribution in [0.4, 0.5) is 5.69 Å². The van der Waals surface area contributed by atoms with Crippen LogP contribution in [0.3, 0.4) is 0 Å². The van der Waals surface area contributed by atoms with Crippen LogP contribution < -0.4 is 4.90 Å². The van der Waals surface area contributed by atoms with Gasteiger partial charge in [-0.2, -0.15) is 0 Å². The third kappa shape index (κ3) is 2.75. The molecule has 158 valence electrons. The molecule has 5 nitrogen and oxygen atoms in total. The number of nitrogens with one attached hydrogen (secondary N) is 1. The lowest BCUT2D eigenvalue weighted by Crippen LogP contribution is -2.36. The Labute approximate surface area is 186 Å². The fraction of sp³-hybridized carbons (Fsp3) is 0.185. The molecule has 0 aliphatic carbocycles. The number of hydrogen-bond donors (Lipinski definition) is 1. The minimum absolute atomic E-state index is 0.0910. The SMILES string of the molecule is CN1C[C@@H]2C(=O)N(c3ccccc3)C(=O)[C@@H]2[C@@H]1c1ccccc1-c1ccc2[nH]ccc2c1. The van der Waals surface area contributed by atoms with Crippen LogP contribution in [0, 0.1) is 11.8 Å². The minimum Gasteiger partial charge on any atom is -0.361 e. The quantitative estimate of drug-likeness (QED) is 0.491. The molecule has 32 heavy (non-hydrogen) atoms. The zero-order valence-corrected chi connectivity index (χ0v) is 17.7. The first-order chi connectivity index (χ1) is 15.6. The van der Waals surface area contributed by atoms with E-state index in [1.807, 2.05) is 55.7 Å². The van der Waals surface area contributed by atoms with Crippen molar-refractivity contribution in [3.05, 3.63) is 90.6 Å². The molecule has 3 heterocycles. The Morgan fingerprint density at radius 1 is 0.875 bits per heavy atom. The minimum atomic E-state index is -0.384. The largest absolute Gasteiger partial charge is 0.361 e. The Hall–Kier alpha value is -3.70. The highest BCUT2D eigenvalue weighted by molar-refractivity contribution is 6.22. The molecule has 2 aliphatic rings. The predicted molar refractivity (Wildman–Crippen MR) is 125 cm³/mol. The van der Waals surface area contributed by atoms with Gasteiger partial charge in [-0.3, -0.25) is 14.5 Å². The summed E-state index contributed by atoms with van der Waals surface area (Å²) in [5.74, 6) is -0.897. The summed E-state index contributed by atoms with van der Waals surface area (Å²) < 4.78 is 0. The van der Waals surface area contributed by atoms with E-state index in [-0.39, 0.29) is 29.7 Å². The van der Waals surface area contributed by atoms with Crippen molar-refractivity contribution in [2.75, 3.05) is 18.5 Å². The number of imide groups is 1. The van der Waals surface area contributed by atoms with Crippen LogP contribution in [-0.2, 0) is 9.59 Å². The van der Waals surface area contributed by atoms with Gasteiger partial charge in [0.15, 0.2) is 0 Å². The normalized spacial score (nSPS) is 23.3. The van der Waals surface area contributed by atoms with Gasteiger partial charge in [-0.15, -0.1) is 0 Å². The number of aromatic amines is 1. The van der Waals surface area contributed by atoms with E-state index in [0.717, 1.165) is 27.6 Å². The molecule has 3 atom stereocenters. The van der Waals surface area contributed by atoms with Gasteiger partial charge in [0.1, 0.15) is 0 Å². The molecule has 0 bridgehead atoms. The molecular formula is C27H23N3O2. The fourth-order valence-corrected chi connectivity index (χ4v) is 5.50. The van der Waals surface area contributed by atoms with Gasteiger partial charge in [0, 0.05) is 24.3 Å².